The number of amides is 1. The van der Waals surface area contributed by atoms with Gasteiger partial charge in [-0.2, -0.15) is 0 Å². The molecule has 0 saturated carbocycles. The van der Waals surface area contributed by atoms with E-state index in [4.69, 9.17) is 0 Å². The summed E-state index contributed by atoms with van der Waals surface area (Å²) in [7, 11) is -3.41. The molecule has 136 valence electrons. The number of hydrogen-bond donors (Lipinski definition) is 2. The van der Waals surface area contributed by atoms with Crippen molar-refractivity contribution in [1.29, 1.82) is 0 Å². The van der Waals surface area contributed by atoms with Gasteiger partial charge in [0.05, 0.1) is 0 Å². The number of piperidine rings is 1. The van der Waals surface area contributed by atoms with Crippen molar-refractivity contribution in [1.82, 2.24) is 10.6 Å². The molecule has 1 aliphatic rings. The molecule has 24 heavy (non-hydrogen) atoms. The zero-order valence-corrected chi connectivity index (χ0v) is 14.9. The number of rotatable bonds is 5. The van der Waals surface area contributed by atoms with Gasteiger partial charge in [-0.05, 0) is 30.7 Å². The Morgan fingerprint density at radius 2 is 2.04 bits per heavy atom. The van der Waals surface area contributed by atoms with Crippen LogP contribution in [-0.4, -0.2) is 45.0 Å². The summed E-state index contributed by atoms with van der Waals surface area (Å²) in [6.07, 6.45) is 0.635. The van der Waals surface area contributed by atoms with E-state index in [1.54, 1.807) is 0 Å². The first-order valence-corrected chi connectivity index (χ1v) is 9.30. The Kier molecular flexibility index (Phi) is 7.56. The molecule has 0 bridgehead atoms. The zero-order chi connectivity index (χ0) is 17.0. The second-order valence-electron chi connectivity index (χ2n) is 5.62. The maximum atomic E-state index is 13.4. The van der Waals surface area contributed by atoms with Crippen molar-refractivity contribution in [3.05, 3.63) is 35.4 Å². The third-order valence-electron chi connectivity index (χ3n) is 3.99. The molecule has 1 heterocycles. The van der Waals surface area contributed by atoms with E-state index in [0.29, 0.717) is 25.1 Å². The maximum Gasteiger partial charge on any atom is 0.235 e. The van der Waals surface area contributed by atoms with Crippen LogP contribution in [-0.2, 0) is 14.6 Å². The van der Waals surface area contributed by atoms with Gasteiger partial charge in [0.25, 0.3) is 0 Å². The topological polar surface area (TPSA) is 75.3 Å². The van der Waals surface area contributed by atoms with E-state index in [2.05, 4.69) is 10.6 Å². The summed E-state index contributed by atoms with van der Waals surface area (Å²) in [5, 5.41) is 5.81. The molecule has 0 aromatic heterocycles. The number of halogens is 3. The molecule has 1 fully saturated rings. The number of nitrogens with one attached hydrogen (secondary N) is 2. The van der Waals surface area contributed by atoms with Crippen molar-refractivity contribution in [3.8, 4) is 0 Å². The molecule has 0 aliphatic carbocycles. The average molecular weight is 383 g/mol. The molecule has 2 N–H and O–H groups in total. The molecule has 2 unspecified atom stereocenters. The van der Waals surface area contributed by atoms with Crippen LogP contribution in [0.4, 0.5) is 8.78 Å². The number of carbonyl (C=O) groups is 1. The Hall–Kier alpha value is -1.25. The Labute approximate surface area is 146 Å². The van der Waals surface area contributed by atoms with Crippen LogP contribution in [0.1, 0.15) is 24.8 Å². The minimum atomic E-state index is -3.41. The van der Waals surface area contributed by atoms with Crippen LogP contribution >= 0.6 is 12.4 Å². The zero-order valence-electron chi connectivity index (χ0n) is 13.2. The van der Waals surface area contributed by atoms with E-state index in [-0.39, 0.29) is 30.1 Å². The van der Waals surface area contributed by atoms with E-state index in [1.165, 1.54) is 13.0 Å². The lowest BCUT2D eigenvalue weighted by atomic mass is 9.86. The summed E-state index contributed by atoms with van der Waals surface area (Å²) in [4.78, 5) is 11.9. The molecule has 0 radical (unpaired) electrons. The van der Waals surface area contributed by atoms with Crippen LogP contribution in [0.3, 0.4) is 0 Å². The molecule has 5 nitrogen and oxygen atoms in total. The average Bonchev–Trinajstić information content (AvgIpc) is 2.50. The first-order chi connectivity index (χ1) is 10.8. The summed E-state index contributed by atoms with van der Waals surface area (Å²) in [5.74, 6) is -3.29. The summed E-state index contributed by atoms with van der Waals surface area (Å²) in [5.41, 5.74) is 0.592. The Morgan fingerprint density at radius 1 is 1.33 bits per heavy atom. The van der Waals surface area contributed by atoms with Crippen molar-refractivity contribution in [2.75, 3.05) is 24.6 Å². The van der Waals surface area contributed by atoms with Crippen LogP contribution in [0, 0.1) is 11.6 Å². The van der Waals surface area contributed by atoms with Gasteiger partial charge in [0.15, 0.2) is 21.5 Å². The number of benzene rings is 1. The monoisotopic (exact) mass is 382 g/mol. The minimum Gasteiger partial charge on any atom is -0.351 e. The smallest absolute Gasteiger partial charge is 0.235 e. The molecular weight excluding hydrogens is 362 g/mol. The predicted octanol–water partition coefficient (Wildman–Crippen LogP) is 1.38. The van der Waals surface area contributed by atoms with Crippen molar-refractivity contribution in [2.24, 2.45) is 0 Å². The molecular formula is C15H21ClF2N2O3S. The van der Waals surface area contributed by atoms with Crippen LogP contribution < -0.4 is 10.6 Å². The van der Waals surface area contributed by atoms with Crippen LogP contribution in [0.25, 0.3) is 0 Å². The maximum absolute atomic E-state index is 13.4. The molecule has 1 aromatic rings. The fraction of sp³-hybridized carbons (Fsp3) is 0.533. The van der Waals surface area contributed by atoms with Crippen molar-refractivity contribution < 1.29 is 22.0 Å². The second-order valence-corrected chi connectivity index (χ2v) is 7.98. The summed E-state index contributed by atoms with van der Waals surface area (Å²) < 4.78 is 49.5. The lowest BCUT2D eigenvalue weighted by molar-refractivity contribution is -0.119. The van der Waals surface area contributed by atoms with Crippen molar-refractivity contribution in [3.63, 3.8) is 0 Å². The molecule has 9 heteroatoms. The van der Waals surface area contributed by atoms with Crippen LogP contribution in [0.15, 0.2) is 18.2 Å². The minimum absolute atomic E-state index is 0. The van der Waals surface area contributed by atoms with E-state index in [9.17, 15) is 22.0 Å². The third-order valence-corrected chi connectivity index (χ3v) is 5.57. The third kappa shape index (κ3) is 5.39. The first kappa shape index (κ1) is 20.8. The predicted molar refractivity (Wildman–Crippen MR) is 90.1 cm³/mol. The number of sulfone groups is 1. The molecule has 2 atom stereocenters. The van der Waals surface area contributed by atoms with E-state index in [1.807, 2.05) is 0 Å². The van der Waals surface area contributed by atoms with Gasteiger partial charge in [0.1, 0.15) is 5.75 Å². The highest BCUT2D eigenvalue weighted by Gasteiger charge is 2.29. The highest BCUT2D eigenvalue weighted by molar-refractivity contribution is 7.92. The number of carbonyl (C=O) groups excluding carboxylic acids is 1. The Balaban J connectivity index is 0.00000288. The van der Waals surface area contributed by atoms with Gasteiger partial charge in [0.2, 0.25) is 5.91 Å². The van der Waals surface area contributed by atoms with Crippen LogP contribution in [0.2, 0.25) is 0 Å². The van der Waals surface area contributed by atoms with Gasteiger partial charge in [-0.1, -0.05) is 13.0 Å². The highest BCUT2D eigenvalue weighted by atomic mass is 35.5. The standard InChI is InChI=1S/C15H20F2N2O3S.ClH/c1-2-23(21,22)9-15(20)19-14-8-18-6-5-11(14)10-3-4-12(16)13(17)7-10;/h3-4,7,11,14,18H,2,5-6,8-9H2,1H3,(H,19,20);1H. The summed E-state index contributed by atoms with van der Waals surface area (Å²) in [6, 6.07) is 3.32. The Morgan fingerprint density at radius 3 is 2.67 bits per heavy atom. The normalized spacial score (nSPS) is 21.0. The van der Waals surface area contributed by atoms with Crippen molar-refractivity contribution >= 4 is 28.2 Å². The molecule has 2 rings (SSSR count). The van der Waals surface area contributed by atoms with Gasteiger partial charge in [-0.25, -0.2) is 17.2 Å². The fourth-order valence-corrected chi connectivity index (χ4v) is 3.39. The number of hydrogen-bond acceptors (Lipinski definition) is 4. The van der Waals surface area contributed by atoms with Gasteiger partial charge in [-0.15, -0.1) is 12.4 Å². The van der Waals surface area contributed by atoms with E-state index in [0.717, 1.165) is 12.1 Å². The van der Waals surface area contributed by atoms with Gasteiger partial charge in [-0.3, -0.25) is 4.79 Å². The fourth-order valence-electron chi connectivity index (χ4n) is 2.70. The second kappa shape index (κ2) is 8.73. The molecule has 0 spiro atoms. The lowest BCUT2D eigenvalue weighted by Crippen LogP contribution is -2.51. The van der Waals surface area contributed by atoms with Crippen LogP contribution in [0.5, 0.6) is 0 Å². The molecule has 1 aliphatic heterocycles. The van der Waals surface area contributed by atoms with Gasteiger partial charge in [0, 0.05) is 24.3 Å². The molecule has 1 aromatic carbocycles. The SMILES string of the molecule is CCS(=O)(=O)CC(=O)NC1CNCCC1c1ccc(F)c(F)c1.Cl. The van der Waals surface area contributed by atoms with Gasteiger partial charge >= 0.3 is 0 Å². The summed E-state index contributed by atoms with van der Waals surface area (Å²) >= 11 is 0. The van der Waals surface area contributed by atoms with E-state index >= 15 is 0 Å². The highest BCUT2D eigenvalue weighted by Crippen LogP contribution is 2.27. The summed E-state index contributed by atoms with van der Waals surface area (Å²) in [6.45, 7) is 2.61. The van der Waals surface area contributed by atoms with E-state index < -0.39 is 33.1 Å². The molecule has 1 amide bonds. The lowest BCUT2D eigenvalue weighted by Gasteiger charge is -2.33. The Bertz CT molecular complexity index is 685. The quantitative estimate of drug-likeness (QED) is 0.806. The van der Waals surface area contributed by atoms with Crippen molar-refractivity contribution in [2.45, 2.75) is 25.3 Å². The first-order valence-electron chi connectivity index (χ1n) is 7.48. The van der Waals surface area contributed by atoms with Gasteiger partial charge < -0.3 is 10.6 Å². The molecule has 1 saturated heterocycles. The largest absolute Gasteiger partial charge is 0.351 e.